The summed E-state index contributed by atoms with van der Waals surface area (Å²) in [5.74, 6) is -1.25. The highest BCUT2D eigenvalue weighted by atomic mass is 16.5. The van der Waals surface area contributed by atoms with Crippen molar-refractivity contribution in [1.82, 2.24) is 0 Å². The van der Waals surface area contributed by atoms with Gasteiger partial charge in [-0.1, -0.05) is 6.42 Å². The highest BCUT2D eigenvalue weighted by molar-refractivity contribution is 6.40. The summed E-state index contributed by atoms with van der Waals surface area (Å²) in [6, 6.07) is 0. The predicted octanol–water partition coefficient (Wildman–Crippen LogP) is -0.271. The molecule has 0 saturated carbocycles. The molecule has 80 valence electrons. The van der Waals surface area contributed by atoms with Gasteiger partial charge in [0.1, 0.15) is 0 Å². The molecule has 2 atom stereocenters. The fourth-order valence-corrected chi connectivity index (χ4v) is 1.72. The lowest BCUT2D eigenvalue weighted by molar-refractivity contribution is -0.143. The minimum absolute atomic E-state index is 0.258. The van der Waals surface area contributed by atoms with Gasteiger partial charge in [-0.3, -0.25) is 4.79 Å². The van der Waals surface area contributed by atoms with Crippen LogP contribution >= 0.6 is 0 Å². The molecule has 5 nitrogen and oxygen atoms in total. The molecular formula is C8H15BO5. The van der Waals surface area contributed by atoms with E-state index in [1.165, 1.54) is 0 Å². The smallest absolute Gasteiger partial charge is 0.451 e. The van der Waals surface area contributed by atoms with Gasteiger partial charge in [0.15, 0.2) is 0 Å². The molecule has 1 heterocycles. The fourth-order valence-electron chi connectivity index (χ4n) is 1.72. The minimum atomic E-state index is -1.31. The van der Waals surface area contributed by atoms with Crippen LogP contribution in [0.3, 0.4) is 0 Å². The average Bonchev–Trinajstić information content (AvgIpc) is 2.51. The van der Waals surface area contributed by atoms with E-state index in [9.17, 15) is 4.79 Å². The molecule has 1 aliphatic rings. The molecular weight excluding hydrogens is 187 g/mol. The van der Waals surface area contributed by atoms with E-state index in [1.54, 1.807) is 0 Å². The van der Waals surface area contributed by atoms with Crippen LogP contribution < -0.4 is 0 Å². The predicted molar refractivity (Wildman–Crippen MR) is 49.7 cm³/mol. The maximum Gasteiger partial charge on any atom is 0.451 e. The minimum Gasteiger partial charge on any atom is -0.481 e. The monoisotopic (exact) mass is 202 g/mol. The highest BCUT2D eigenvalue weighted by Crippen LogP contribution is 2.25. The summed E-state index contributed by atoms with van der Waals surface area (Å²) in [5.41, 5.74) is 0. The van der Waals surface area contributed by atoms with Crippen molar-refractivity contribution in [3.8, 4) is 0 Å². The van der Waals surface area contributed by atoms with E-state index in [0.29, 0.717) is 25.9 Å². The van der Waals surface area contributed by atoms with E-state index < -0.39 is 19.0 Å². The zero-order chi connectivity index (χ0) is 10.6. The molecule has 0 aromatic carbocycles. The van der Waals surface area contributed by atoms with E-state index in [0.717, 1.165) is 0 Å². The zero-order valence-corrected chi connectivity index (χ0v) is 7.93. The Hall–Kier alpha value is -0.585. The Balaban J connectivity index is 2.26. The van der Waals surface area contributed by atoms with Crippen LogP contribution in [0.15, 0.2) is 0 Å². The Bertz CT molecular complexity index is 196. The third-order valence-corrected chi connectivity index (χ3v) is 2.48. The Labute approximate surface area is 82.8 Å². The van der Waals surface area contributed by atoms with Gasteiger partial charge < -0.3 is 19.9 Å². The first-order valence-electron chi connectivity index (χ1n) is 4.82. The Kier molecular flexibility index (Phi) is 4.38. The van der Waals surface area contributed by atoms with Crippen LogP contribution in [0.4, 0.5) is 0 Å². The Morgan fingerprint density at radius 1 is 1.50 bits per heavy atom. The molecule has 1 fully saturated rings. The van der Waals surface area contributed by atoms with Crippen LogP contribution in [0.1, 0.15) is 19.3 Å². The molecule has 1 unspecified atom stereocenters. The van der Waals surface area contributed by atoms with E-state index in [-0.39, 0.29) is 12.4 Å². The topological polar surface area (TPSA) is 87.0 Å². The molecule has 0 radical (unpaired) electrons. The zero-order valence-electron chi connectivity index (χ0n) is 7.93. The molecule has 0 spiro atoms. The number of carbonyl (C=O) groups is 1. The molecule has 6 heteroatoms. The quantitative estimate of drug-likeness (QED) is 0.534. The lowest BCUT2D eigenvalue weighted by atomic mass is 9.82. The third-order valence-electron chi connectivity index (χ3n) is 2.48. The lowest BCUT2D eigenvalue weighted by Gasteiger charge is -2.14. The standard InChI is InChI=1S/C8H15BO5/c10-8(11)6-3-5-14-7(6)2-1-4-9(12)13/h6-7,12-13H,1-5H2,(H,10,11)/t6?,7-/m1/s1. The summed E-state index contributed by atoms with van der Waals surface area (Å²) in [7, 11) is -1.31. The maximum atomic E-state index is 10.7. The van der Waals surface area contributed by atoms with Crippen molar-refractivity contribution in [1.29, 1.82) is 0 Å². The van der Waals surface area contributed by atoms with Crippen molar-refractivity contribution in [3.63, 3.8) is 0 Å². The SMILES string of the molecule is O=C(O)C1CCO[C@@H]1CCCB(O)O. The normalized spacial score (nSPS) is 26.4. The van der Waals surface area contributed by atoms with Crippen molar-refractivity contribution < 1.29 is 24.7 Å². The molecule has 0 amide bonds. The summed E-state index contributed by atoms with van der Waals surface area (Å²) in [6.07, 6.45) is 1.72. The van der Waals surface area contributed by atoms with Gasteiger partial charge >= 0.3 is 13.1 Å². The van der Waals surface area contributed by atoms with Crippen LogP contribution in [-0.2, 0) is 9.53 Å². The molecule has 1 rings (SSSR count). The molecule has 0 aromatic rings. The summed E-state index contributed by atoms with van der Waals surface area (Å²) in [5, 5.41) is 26.0. The number of hydrogen-bond donors (Lipinski definition) is 3. The maximum absolute atomic E-state index is 10.7. The van der Waals surface area contributed by atoms with Crippen molar-refractivity contribution in [2.45, 2.75) is 31.7 Å². The summed E-state index contributed by atoms with van der Waals surface area (Å²) in [6.45, 7) is 0.489. The van der Waals surface area contributed by atoms with Gasteiger partial charge in [-0.2, -0.15) is 0 Å². The van der Waals surface area contributed by atoms with Crippen molar-refractivity contribution in [3.05, 3.63) is 0 Å². The van der Waals surface area contributed by atoms with Crippen LogP contribution in [0.2, 0.25) is 6.32 Å². The number of ether oxygens (including phenoxy) is 1. The molecule has 1 aliphatic heterocycles. The molecule has 0 aliphatic carbocycles. The van der Waals surface area contributed by atoms with Crippen LogP contribution in [0, 0.1) is 5.92 Å². The summed E-state index contributed by atoms with van der Waals surface area (Å²) >= 11 is 0. The first-order chi connectivity index (χ1) is 6.61. The second kappa shape index (κ2) is 5.33. The van der Waals surface area contributed by atoms with Gasteiger partial charge in [-0.05, 0) is 19.2 Å². The second-order valence-corrected chi connectivity index (χ2v) is 3.55. The van der Waals surface area contributed by atoms with Crippen molar-refractivity contribution in [2.24, 2.45) is 5.92 Å². The van der Waals surface area contributed by atoms with E-state index >= 15 is 0 Å². The Morgan fingerprint density at radius 2 is 2.21 bits per heavy atom. The largest absolute Gasteiger partial charge is 0.481 e. The highest BCUT2D eigenvalue weighted by Gasteiger charge is 2.33. The molecule has 14 heavy (non-hydrogen) atoms. The van der Waals surface area contributed by atoms with E-state index in [4.69, 9.17) is 19.9 Å². The number of aliphatic carboxylic acids is 1. The molecule has 0 bridgehead atoms. The third kappa shape index (κ3) is 3.28. The van der Waals surface area contributed by atoms with Crippen LogP contribution in [0.25, 0.3) is 0 Å². The van der Waals surface area contributed by atoms with E-state index in [1.807, 2.05) is 0 Å². The van der Waals surface area contributed by atoms with Gasteiger partial charge in [0.2, 0.25) is 0 Å². The number of carboxylic acid groups (broad SMARTS) is 1. The lowest BCUT2D eigenvalue weighted by Crippen LogP contribution is -2.24. The van der Waals surface area contributed by atoms with Gasteiger partial charge in [0, 0.05) is 6.61 Å². The molecule has 3 N–H and O–H groups in total. The number of hydrogen-bond acceptors (Lipinski definition) is 4. The fraction of sp³-hybridized carbons (Fsp3) is 0.875. The molecule has 0 aromatic heterocycles. The van der Waals surface area contributed by atoms with Crippen molar-refractivity contribution in [2.75, 3.05) is 6.61 Å². The van der Waals surface area contributed by atoms with Crippen molar-refractivity contribution >= 4 is 13.1 Å². The number of carboxylic acids is 1. The molecule has 1 saturated heterocycles. The summed E-state index contributed by atoms with van der Waals surface area (Å²) in [4.78, 5) is 10.7. The Morgan fingerprint density at radius 3 is 2.79 bits per heavy atom. The van der Waals surface area contributed by atoms with Crippen LogP contribution in [-0.4, -0.2) is 41.0 Å². The number of rotatable bonds is 5. The summed E-state index contributed by atoms with van der Waals surface area (Å²) < 4.78 is 5.26. The average molecular weight is 202 g/mol. The van der Waals surface area contributed by atoms with Gasteiger partial charge in [0.25, 0.3) is 0 Å². The van der Waals surface area contributed by atoms with Gasteiger partial charge in [0.05, 0.1) is 12.0 Å². The first kappa shape index (κ1) is 11.5. The van der Waals surface area contributed by atoms with Gasteiger partial charge in [-0.25, -0.2) is 0 Å². The van der Waals surface area contributed by atoms with E-state index in [2.05, 4.69) is 0 Å². The van der Waals surface area contributed by atoms with Crippen LogP contribution in [0.5, 0.6) is 0 Å². The van der Waals surface area contributed by atoms with Gasteiger partial charge in [-0.15, -0.1) is 0 Å². The first-order valence-corrected chi connectivity index (χ1v) is 4.82. The second-order valence-electron chi connectivity index (χ2n) is 3.55.